The number of rotatable bonds is 3. The molecule has 5 heterocycles. The highest BCUT2D eigenvalue weighted by Crippen LogP contribution is 2.35. The Hall–Kier alpha value is -2.78. The number of H-pyrrole nitrogens is 1. The van der Waals surface area contributed by atoms with Crippen LogP contribution in [0.5, 0.6) is 0 Å². The first-order valence-electron chi connectivity index (χ1n) is 10.5. The van der Waals surface area contributed by atoms with Crippen molar-refractivity contribution in [3.63, 3.8) is 0 Å². The van der Waals surface area contributed by atoms with Gasteiger partial charge in [-0.2, -0.15) is 4.31 Å². The van der Waals surface area contributed by atoms with Crippen molar-refractivity contribution < 1.29 is 8.42 Å². The van der Waals surface area contributed by atoms with E-state index >= 15 is 0 Å². The number of fused-ring (bicyclic) bond motifs is 2. The fourth-order valence-corrected chi connectivity index (χ4v) is 5.42. The number of sulfonamides is 1. The summed E-state index contributed by atoms with van der Waals surface area (Å²) in [5.41, 5.74) is 7.31. The van der Waals surface area contributed by atoms with Crippen molar-refractivity contribution in [2.45, 2.75) is 39.3 Å². The van der Waals surface area contributed by atoms with E-state index in [0.717, 1.165) is 51.4 Å². The number of nitrogens with one attached hydrogen (secondary N) is 1. The number of nitrogens with zero attached hydrogens (tertiary/aromatic N) is 5. The summed E-state index contributed by atoms with van der Waals surface area (Å²) in [4.78, 5) is 19.5. The molecule has 0 aromatic carbocycles. The van der Waals surface area contributed by atoms with E-state index in [4.69, 9.17) is 0 Å². The SMILES string of the molecule is Cc1cc(N2Cc3c(ncnc3C3=CCN(S(C)(=O)=O)CC3)CC2C)c2cc[nH]c2n1. The van der Waals surface area contributed by atoms with Crippen molar-refractivity contribution in [2.24, 2.45) is 0 Å². The molecule has 0 saturated heterocycles. The Bertz CT molecular complexity index is 1300. The normalized spacial score (nSPS) is 20.0. The topological polar surface area (TPSA) is 95.1 Å². The van der Waals surface area contributed by atoms with E-state index in [1.165, 1.54) is 10.6 Å². The molecule has 9 heteroatoms. The summed E-state index contributed by atoms with van der Waals surface area (Å²) in [6.45, 7) is 5.82. The van der Waals surface area contributed by atoms with Crippen LogP contribution in [0.4, 0.5) is 5.69 Å². The summed E-state index contributed by atoms with van der Waals surface area (Å²) in [6, 6.07) is 4.51. The van der Waals surface area contributed by atoms with E-state index in [0.29, 0.717) is 26.1 Å². The first kappa shape index (κ1) is 20.1. The lowest BCUT2D eigenvalue weighted by molar-refractivity contribution is 0.445. The molecule has 1 N–H and O–H groups in total. The summed E-state index contributed by atoms with van der Waals surface area (Å²) in [5.74, 6) is 0. The molecule has 0 bridgehead atoms. The molecule has 1 unspecified atom stereocenters. The number of aromatic nitrogens is 4. The van der Waals surface area contributed by atoms with Gasteiger partial charge in [-0.05, 0) is 38.0 Å². The molecular formula is C22H26N6O2S. The summed E-state index contributed by atoms with van der Waals surface area (Å²) < 4.78 is 25.2. The van der Waals surface area contributed by atoms with Crippen LogP contribution in [0.3, 0.4) is 0 Å². The minimum absolute atomic E-state index is 0.288. The second-order valence-electron chi connectivity index (χ2n) is 8.45. The van der Waals surface area contributed by atoms with Crippen LogP contribution in [-0.4, -0.2) is 58.0 Å². The summed E-state index contributed by atoms with van der Waals surface area (Å²) in [5, 5.41) is 1.11. The van der Waals surface area contributed by atoms with Crippen molar-refractivity contribution in [2.75, 3.05) is 24.2 Å². The Morgan fingerprint density at radius 2 is 2.10 bits per heavy atom. The molecule has 162 valence electrons. The smallest absolute Gasteiger partial charge is 0.211 e. The molecule has 2 aliphatic heterocycles. The molecule has 0 radical (unpaired) electrons. The fourth-order valence-electron chi connectivity index (χ4n) is 4.65. The number of aryl methyl sites for hydroxylation is 1. The van der Waals surface area contributed by atoms with Gasteiger partial charge in [-0.25, -0.2) is 23.4 Å². The second kappa shape index (κ2) is 7.42. The van der Waals surface area contributed by atoms with Crippen LogP contribution in [0.15, 0.2) is 30.7 Å². The molecule has 3 aromatic rings. The Balaban J connectivity index is 1.53. The summed E-state index contributed by atoms with van der Waals surface area (Å²) in [7, 11) is -3.18. The molecule has 0 saturated carbocycles. The van der Waals surface area contributed by atoms with Crippen LogP contribution in [0.1, 0.15) is 36.0 Å². The van der Waals surface area contributed by atoms with Gasteiger partial charge in [0.05, 0.1) is 23.3 Å². The molecular weight excluding hydrogens is 412 g/mol. The van der Waals surface area contributed by atoms with Gasteiger partial charge < -0.3 is 9.88 Å². The number of aromatic amines is 1. The van der Waals surface area contributed by atoms with Crippen molar-refractivity contribution in [1.29, 1.82) is 0 Å². The maximum atomic E-state index is 11.9. The molecule has 0 spiro atoms. The highest BCUT2D eigenvalue weighted by Gasteiger charge is 2.30. The highest BCUT2D eigenvalue weighted by atomic mass is 32.2. The van der Waals surface area contributed by atoms with Gasteiger partial charge in [-0.1, -0.05) is 6.08 Å². The lowest BCUT2D eigenvalue weighted by Crippen LogP contribution is -2.40. The molecule has 5 rings (SSSR count). The quantitative estimate of drug-likeness (QED) is 0.676. The lowest BCUT2D eigenvalue weighted by atomic mass is 9.93. The average molecular weight is 439 g/mol. The van der Waals surface area contributed by atoms with Crippen molar-refractivity contribution in [1.82, 2.24) is 24.2 Å². The van der Waals surface area contributed by atoms with Crippen LogP contribution >= 0.6 is 0 Å². The van der Waals surface area contributed by atoms with Gasteiger partial charge in [-0.15, -0.1) is 0 Å². The van der Waals surface area contributed by atoms with Gasteiger partial charge in [0.2, 0.25) is 10.0 Å². The lowest BCUT2D eigenvalue weighted by Gasteiger charge is -2.37. The Morgan fingerprint density at radius 1 is 1.26 bits per heavy atom. The molecule has 3 aromatic heterocycles. The third-order valence-electron chi connectivity index (χ3n) is 6.27. The number of anilines is 1. The van der Waals surface area contributed by atoms with E-state index in [2.05, 4.69) is 43.9 Å². The Morgan fingerprint density at radius 3 is 2.84 bits per heavy atom. The van der Waals surface area contributed by atoms with Gasteiger partial charge in [0.1, 0.15) is 12.0 Å². The minimum atomic E-state index is -3.18. The summed E-state index contributed by atoms with van der Waals surface area (Å²) in [6.07, 6.45) is 8.31. The largest absolute Gasteiger partial charge is 0.363 e. The molecule has 1 atom stereocenters. The van der Waals surface area contributed by atoms with Crippen molar-refractivity contribution >= 4 is 32.3 Å². The van der Waals surface area contributed by atoms with E-state index in [1.54, 1.807) is 6.33 Å². The van der Waals surface area contributed by atoms with Gasteiger partial charge >= 0.3 is 0 Å². The Kier molecular flexibility index (Phi) is 4.82. The van der Waals surface area contributed by atoms with Gasteiger partial charge in [0.25, 0.3) is 0 Å². The zero-order valence-electron chi connectivity index (χ0n) is 18.0. The zero-order valence-corrected chi connectivity index (χ0v) is 18.8. The third-order valence-corrected chi connectivity index (χ3v) is 7.54. The number of pyridine rings is 1. The van der Waals surface area contributed by atoms with Gasteiger partial charge in [0, 0.05) is 54.9 Å². The van der Waals surface area contributed by atoms with Crippen LogP contribution in [-0.2, 0) is 23.0 Å². The van der Waals surface area contributed by atoms with Gasteiger partial charge in [-0.3, -0.25) is 0 Å². The van der Waals surface area contributed by atoms with Crippen LogP contribution in [0.25, 0.3) is 16.6 Å². The standard InChI is InChI=1S/C22H26N6O2S/c1-14-10-20(17-4-7-23-22(17)26-14)28-12-18-19(11-15(28)2)24-13-25-21(18)16-5-8-27(9-6-16)31(3,29)30/h4-5,7,10,13,15H,6,8-9,11-12H2,1-3H3,(H,23,26). The predicted molar refractivity (Wildman–Crippen MR) is 121 cm³/mol. The minimum Gasteiger partial charge on any atom is -0.363 e. The van der Waals surface area contributed by atoms with Gasteiger partial charge in [0.15, 0.2) is 0 Å². The molecule has 0 amide bonds. The van der Waals surface area contributed by atoms with Crippen molar-refractivity contribution in [3.8, 4) is 0 Å². The second-order valence-corrected chi connectivity index (χ2v) is 10.4. The number of hydrogen-bond donors (Lipinski definition) is 1. The van der Waals surface area contributed by atoms with E-state index in [1.807, 2.05) is 19.2 Å². The number of hydrogen-bond acceptors (Lipinski definition) is 6. The molecule has 2 aliphatic rings. The summed E-state index contributed by atoms with van der Waals surface area (Å²) >= 11 is 0. The Labute approximate surface area is 182 Å². The van der Waals surface area contributed by atoms with E-state index < -0.39 is 10.0 Å². The molecule has 31 heavy (non-hydrogen) atoms. The maximum absolute atomic E-state index is 11.9. The van der Waals surface area contributed by atoms with E-state index in [-0.39, 0.29) is 6.04 Å². The predicted octanol–water partition coefficient (Wildman–Crippen LogP) is 2.66. The van der Waals surface area contributed by atoms with Crippen LogP contribution in [0, 0.1) is 6.92 Å². The third kappa shape index (κ3) is 3.61. The average Bonchev–Trinajstić information content (AvgIpc) is 3.20. The maximum Gasteiger partial charge on any atom is 0.211 e. The molecule has 0 fully saturated rings. The van der Waals surface area contributed by atoms with Crippen LogP contribution < -0.4 is 4.90 Å². The van der Waals surface area contributed by atoms with Crippen LogP contribution in [0.2, 0.25) is 0 Å². The first-order valence-corrected chi connectivity index (χ1v) is 12.3. The molecule has 0 aliphatic carbocycles. The molecule has 8 nitrogen and oxygen atoms in total. The van der Waals surface area contributed by atoms with E-state index in [9.17, 15) is 8.42 Å². The monoisotopic (exact) mass is 438 g/mol. The first-order chi connectivity index (χ1) is 14.8. The fraction of sp³-hybridized carbons (Fsp3) is 0.409. The zero-order chi connectivity index (χ0) is 21.8. The van der Waals surface area contributed by atoms with Crippen molar-refractivity contribution in [3.05, 3.63) is 53.4 Å². The highest BCUT2D eigenvalue weighted by molar-refractivity contribution is 7.88.